The van der Waals surface area contributed by atoms with Gasteiger partial charge in [0.25, 0.3) is 5.91 Å². The van der Waals surface area contributed by atoms with Crippen molar-refractivity contribution >= 4 is 17.2 Å². The Bertz CT molecular complexity index is 508. The van der Waals surface area contributed by atoms with Gasteiger partial charge in [-0.1, -0.05) is 25.1 Å². The van der Waals surface area contributed by atoms with E-state index in [1.807, 2.05) is 36.5 Å². The van der Waals surface area contributed by atoms with E-state index in [-0.39, 0.29) is 5.91 Å². The van der Waals surface area contributed by atoms with Gasteiger partial charge in [0.1, 0.15) is 0 Å². The molecule has 1 aromatic heterocycles. The summed E-state index contributed by atoms with van der Waals surface area (Å²) < 4.78 is 0. The number of hydrogen-bond donors (Lipinski definition) is 1. The molecule has 0 radical (unpaired) electrons. The maximum Gasteiger partial charge on any atom is 0.251 e. The smallest absolute Gasteiger partial charge is 0.251 e. The fourth-order valence-electron chi connectivity index (χ4n) is 1.60. The number of aromatic nitrogens is 1. The van der Waals surface area contributed by atoms with Gasteiger partial charge in [-0.3, -0.25) is 4.79 Å². The number of nitrogens with zero attached hydrogens (tertiary/aromatic N) is 1. The van der Waals surface area contributed by atoms with Gasteiger partial charge in [0.15, 0.2) is 0 Å². The summed E-state index contributed by atoms with van der Waals surface area (Å²) in [6, 6.07) is 9.26. The van der Waals surface area contributed by atoms with Crippen LogP contribution in [0.15, 0.2) is 36.5 Å². The summed E-state index contributed by atoms with van der Waals surface area (Å²) in [5.74, 6) is -0.0251. The van der Waals surface area contributed by atoms with Crippen molar-refractivity contribution in [2.24, 2.45) is 0 Å². The van der Waals surface area contributed by atoms with Gasteiger partial charge in [-0.05, 0) is 18.6 Å². The minimum Gasteiger partial charge on any atom is -0.352 e. The average molecular weight is 260 g/mol. The summed E-state index contributed by atoms with van der Waals surface area (Å²) in [7, 11) is 0. The lowest BCUT2D eigenvalue weighted by atomic mass is 10.2. The highest BCUT2D eigenvalue weighted by atomic mass is 32.1. The standard InChI is InChI=1S/C14H16N2OS/c1-2-12-10-16-13(18-12)8-9-15-14(17)11-6-4-3-5-7-11/h3-7,10H,2,8-9H2,1H3,(H,15,17). The third-order valence-electron chi connectivity index (χ3n) is 2.61. The van der Waals surface area contributed by atoms with Crippen molar-refractivity contribution in [1.29, 1.82) is 0 Å². The molecule has 1 heterocycles. The van der Waals surface area contributed by atoms with E-state index in [0.717, 1.165) is 17.8 Å². The van der Waals surface area contributed by atoms with Gasteiger partial charge < -0.3 is 5.32 Å². The number of hydrogen-bond acceptors (Lipinski definition) is 3. The van der Waals surface area contributed by atoms with E-state index in [1.54, 1.807) is 11.3 Å². The van der Waals surface area contributed by atoms with Crippen molar-refractivity contribution < 1.29 is 4.79 Å². The number of rotatable bonds is 5. The average Bonchev–Trinajstić information content (AvgIpc) is 2.87. The molecular formula is C14H16N2OS. The number of amides is 1. The quantitative estimate of drug-likeness (QED) is 0.898. The highest BCUT2D eigenvalue weighted by molar-refractivity contribution is 7.11. The zero-order valence-corrected chi connectivity index (χ0v) is 11.2. The third-order valence-corrected chi connectivity index (χ3v) is 3.81. The number of carbonyl (C=O) groups excluding carboxylic acids is 1. The van der Waals surface area contributed by atoms with Crippen LogP contribution in [0.2, 0.25) is 0 Å². The maximum absolute atomic E-state index is 11.8. The summed E-state index contributed by atoms with van der Waals surface area (Å²) in [5, 5.41) is 3.99. The molecule has 1 aromatic carbocycles. The minimum atomic E-state index is -0.0251. The molecular weight excluding hydrogens is 244 g/mol. The molecule has 2 aromatic rings. The predicted molar refractivity (Wildman–Crippen MR) is 74.0 cm³/mol. The van der Waals surface area contributed by atoms with E-state index in [4.69, 9.17) is 0 Å². The molecule has 3 nitrogen and oxygen atoms in total. The first-order chi connectivity index (χ1) is 8.79. The molecule has 1 N–H and O–H groups in total. The van der Waals surface area contributed by atoms with Gasteiger partial charge in [-0.25, -0.2) is 4.98 Å². The highest BCUT2D eigenvalue weighted by Gasteiger charge is 2.04. The first-order valence-corrected chi connectivity index (χ1v) is 6.88. The molecule has 0 saturated carbocycles. The topological polar surface area (TPSA) is 42.0 Å². The van der Waals surface area contributed by atoms with Gasteiger partial charge in [0, 0.05) is 29.6 Å². The Balaban J connectivity index is 1.80. The Morgan fingerprint density at radius 1 is 1.33 bits per heavy atom. The number of carbonyl (C=O) groups is 1. The van der Waals surface area contributed by atoms with Crippen LogP contribution in [0.25, 0.3) is 0 Å². The van der Waals surface area contributed by atoms with Crippen molar-refractivity contribution in [3.05, 3.63) is 52.0 Å². The minimum absolute atomic E-state index is 0.0251. The van der Waals surface area contributed by atoms with Crippen molar-refractivity contribution in [2.75, 3.05) is 6.54 Å². The zero-order chi connectivity index (χ0) is 12.8. The number of benzene rings is 1. The molecule has 0 atom stereocenters. The summed E-state index contributed by atoms with van der Waals surface area (Å²) in [6.07, 6.45) is 3.73. The SMILES string of the molecule is CCc1cnc(CCNC(=O)c2ccccc2)s1. The van der Waals surface area contributed by atoms with E-state index >= 15 is 0 Å². The lowest BCUT2D eigenvalue weighted by Gasteiger charge is -2.03. The number of thiazole rings is 1. The molecule has 0 saturated heterocycles. The van der Waals surface area contributed by atoms with Gasteiger partial charge in [-0.15, -0.1) is 11.3 Å². The molecule has 0 bridgehead atoms. The Labute approximate surface area is 111 Å². The van der Waals surface area contributed by atoms with Crippen LogP contribution in [0.3, 0.4) is 0 Å². The molecule has 0 aliphatic rings. The Kier molecular flexibility index (Phi) is 4.47. The van der Waals surface area contributed by atoms with Crippen LogP contribution in [0.1, 0.15) is 27.2 Å². The zero-order valence-electron chi connectivity index (χ0n) is 10.3. The van der Waals surface area contributed by atoms with Crippen LogP contribution in [-0.4, -0.2) is 17.4 Å². The lowest BCUT2D eigenvalue weighted by Crippen LogP contribution is -2.25. The van der Waals surface area contributed by atoms with Crippen molar-refractivity contribution in [2.45, 2.75) is 19.8 Å². The molecule has 94 valence electrons. The molecule has 4 heteroatoms. The first-order valence-electron chi connectivity index (χ1n) is 6.06. The van der Waals surface area contributed by atoms with Crippen LogP contribution in [0.5, 0.6) is 0 Å². The number of aryl methyl sites for hydroxylation is 1. The normalized spacial score (nSPS) is 10.3. The predicted octanol–water partition coefficient (Wildman–Crippen LogP) is 2.68. The van der Waals surface area contributed by atoms with E-state index in [9.17, 15) is 4.79 Å². The van der Waals surface area contributed by atoms with Crippen molar-refractivity contribution in [3.63, 3.8) is 0 Å². The van der Waals surface area contributed by atoms with E-state index in [0.29, 0.717) is 12.1 Å². The fourth-order valence-corrected chi connectivity index (χ4v) is 2.46. The van der Waals surface area contributed by atoms with Crippen LogP contribution >= 0.6 is 11.3 Å². The second kappa shape index (κ2) is 6.31. The van der Waals surface area contributed by atoms with Crippen LogP contribution in [0.4, 0.5) is 0 Å². The van der Waals surface area contributed by atoms with Gasteiger partial charge >= 0.3 is 0 Å². The summed E-state index contributed by atoms with van der Waals surface area (Å²) in [4.78, 5) is 17.4. The Hall–Kier alpha value is -1.68. The van der Waals surface area contributed by atoms with Gasteiger partial charge in [0.2, 0.25) is 0 Å². The second-order valence-electron chi connectivity index (χ2n) is 3.95. The van der Waals surface area contributed by atoms with Crippen LogP contribution in [-0.2, 0) is 12.8 Å². The maximum atomic E-state index is 11.8. The van der Waals surface area contributed by atoms with Crippen LogP contribution < -0.4 is 5.32 Å². The summed E-state index contributed by atoms with van der Waals surface area (Å²) >= 11 is 1.72. The van der Waals surface area contributed by atoms with E-state index in [2.05, 4.69) is 17.2 Å². The van der Waals surface area contributed by atoms with Crippen molar-refractivity contribution in [3.8, 4) is 0 Å². The third kappa shape index (κ3) is 3.40. The molecule has 0 spiro atoms. The molecule has 0 aliphatic carbocycles. The van der Waals surface area contributed by atoms with Crippen LogP contribution in [0, 0.1) is 0 Å². The molecule has 0 fully saturated rings. The highest BCUT2D eigenvalue weighted by Crippen LogP contribution is 2.13. The Morgan fingerprint density at radius 2 is 2.11 bits per heavy atom. The molecule has 0 aliphatic heterocycles. The molecule has 2 rings (SSSR count). The monoisotopic (exact) mass is 260 g/mol. The molecule has 18 heavy (non-hydrogen) atoms. The first kappa shape index (κ1) is 12.8. The fraction of sp³-hybridized carbons (Fsp3) is 0.286. The van der Waals surface area contributed by atoms with E-state index in [1.165, 1.54) is 4.88 Å². The lowest BCUT2D eigenvalue weighted by molar-refractivity contribution is 0.0954. The van der Waals surface area contributed by atoms with Gasteiger partial charge in [0.05, 0.1) is 5.01 Å². The largest absolute Gasteiger partial charge is 0.352 e. The van der Waals surface area contributed by atoms with E-state index < -0.39 is 0 Å². The van der Waals surface area contributed by atoms with Crippen molar-refractivity contribution in [1.82, 2.24) is 10.3 Å². The Morgan fingerprint density at radius 3 is 2.78 bits per heavy atom. The number of nitrogens with one attached hydrogen (secondary N) is 1. The molecule has 1 amide bonds. The second-order valence-corrected chi connectivity index (χ2v) is 5.15. The molecule has 0 unspecified atom stereocenters. The van der Waals surface area contributed by atoms with Gasteiger partial charge in [-0.2, -0.15) is 0 Å². The summed E-state index contributed by atoms with van der Waals surface area (Å²) in [6.45, 7) is 2.75. The summed E-state index contributed by atoms with van der Waals surface area (Å²) in [5.41, 5.74) is 0.700.